The van der Waals surface area contributed by atoms with E-state index in [1.165, 1.54) is 26.5 Å². The van der Waals surface area contributed by atoms with E-state index in [0.29, 0.717) is 12.8 Å². The molecule has 0 aliphatic heterocycles. The van der Waals surface area contributed by atoms with Gasteiger partial charge < -0.3 is 25.4 Å². The molecule has 1 unspecified atom stereocenters. The Morgan fingerprint density at radius 1 is 1.07 bits per heavy atom. The summed E-state index contributed by atoms with van der Waals surface area (Å²) in [7, 11) is 2.67. The number of esters is 2. The number of hydrogen-bond acceptors (Lipinski definition) is 9. The molecule has 0 bridgehead atoms. The van der Waals surface area contributed by atoms with Crippen molar-refractivity contribution in [1.29, 1.82) is 0 Å². The number of hydrogen-bond donors (Lipinski definition) is 2. The molecule has 10 nitrogen and oxygen atoms in total. The number of thiazole rings is 1. The number of carbonyl (C=O) groups excluding carboxylic acids is 4. The van der Waals surface area contributed by atoms with E-state index in [4.69, 9.17) is 15.2 Å². The number of ether oxygens (including phenoxy) is 2. The van der Waals surface area contributed by atoms with Crippen molar-refractivity contribution in [1.82, 2.24) is 15.2 Å². The predicted molar refractivity (Wildman–Crippen MR) is 163 cm³/mol. The largest absolute Gasteiger partial charge is 0.469 e. The van der Waals surface area contributed by atoms with Gasteiger partial charge in [0.25, 0.3) is 5.91 Å². The van der Waals surface area contributed by atoms with Gasteiger partial charge in [-0.1, -0.05) is 58.0 Å². The fraction of sp³-hybridized carbons (Fsp3) is 0.581. The molecule has 0 saturated carbocycles. The molecule has 1 heterocycles. The molecule has 0 fully saturated rings. The normalized spacial score (nSPS) is 15.7. The summed E-state index contributed by atoms with van der Waals surface area (Å²) in [6, 6.07) is 6.52. The second kappa shape index (κ2) is 16.7. The molecule has 2 amide bonds. The van der Waals surface area contributed by atoms with Crippen molar-refractivity contribution in [2.75, 3.05) is 14.2 Å². The number of halogens is 3. The van der Waals surface area contributed by atoms with Crippen molar-refractivity contribution in [3.8, 4) is 0 Å². The topological polar surface area (TPSA) is 141 Å². The van der Waals surface area contributed by atoms with E-state index < -0.39 is 66.0 Å². The predicted octanol–water partition coefficient (Wildman–Crippen LogP) is 4.69. The number of nitrogens with zero attached hydrogens (tertiary/aromatic N) is 2. The first-order valence-electron chi connectivity index (χ1n) is 14.6. The van der Waals surface area contributed by atoms with Crippen LogP contribution in [0.4, 0.5) is 13.2 Å². The minimum Gasteiger partial charge on any atom is -0.469 e. The Kier molecular flexibility index (Phi) is 14.0. The van der Waals surface area contributed by atoms with E-state index in [2.05, 4.69) is 10.3 Å². The number of rotatable bonds is 15. The van der Waals surface area contributed by atoms with Crippen LogP contribution in [0.25, 0.3) is 0 Å². The summed E-state index contributed by atoms with van der Waals surface area (Å²) < 4.78 is 50.2. The lowest BCUT2D eigenvalue weighted by Gasteiger charge is -2.36. The lowest BCUT2D eigenvalue weighted by atomic mass is 9.94. The lowest BCUT2D eigenvalue weighted by Crippen LogP contribution is -2.53. The zero-order valence-electron chi connectivity index (χ0n) is 26.6. The zero-order valence-corrected chi connectivity index (χ0v) is 27.4. The maximum absolute atomic E-state index is 13.3. The molecule has 3 N–H and O–H groups in total. The number of aromatic nitrogens is 1. The average molecular weight is 657 g/mol. The Labute approximate surface area is 265 Å². The third-order valence-corrected chi connectivity index (χ3v) is 8.59. The Morgan fingerprint density at radius 3 is 2.22 bits per heavy atom. The number of nitrogens with one attached hydrogen (secondary N) is 1. The van der Waals surface area contributed by atoms with Crippen molar-refractivity contribution in [3.05, 3.63) is 52.0 Å². The molecule has 2 aromatic rings. The number of amides is 2. The van der Waals surface area contributed by atoms with Crippen LogP contribution in [0.2, 0.25) is 0 Å². The number of methoxy groups -OCH3 is 1. The number of carbonyl (C=O) groups is 4. The van der Waals surface area contributed by atoms with Crippen LogP contribution < -0.4 is 11.1 Å². The molecule has 1 aromatic heterocycles. The van der Waals surface area contributed by atoms with Gasteiger partial charge in [0, 0.05) is 37.9 Å². The molecule has 6 atom stereocenters. The first-order chi connectivity index (χ1) is 21.0. The summed E-state index contributed by atoms with van der Waals surface area (Å²) >= 11 is 1.07. The van der Waals surface area contributed by atoms with Crippen LogP contribution >= 0.6 is 11.3 Å². The van der Waals surface area contributed by atoms with Gasteiger partial charge in [0.2, 0.25) is 5.91 Å². The standard InChI is InChI=1S/C31H43F3N4O6S/c1-17(2)24(38(6)29(41)26(35)19(4)31(32,33)34)15-25(44-20(5)39)28-37-23(16-45-28)27(40)36-22(13-18(3)30(42)43-7)14-21-11-9-8-10-12-21/h8-12,16-19,22,24-26H,13-15,35H2,1-7H3,(H,36,40)/t18-,19?,22+,24+,25+,26-/m0/s1. The first-order valence-corrected chi connectivity index (χ1v) is 15.5. The van der Waals surface area contributed by atoms with Gasteiger partial charge in [0.05, 0.1) is 25.0 Å². The van der Waals surface area contributed by atoms with Crippen LogP contribution in [0.3, 0.4) is 0 Å². The molecule has 0 saturated heterocycles. The Hall–Kier alpha value is -3.52. The smallest absolute Gasteiger partial charge is 0.393 e. The third-order valence-electron chi connectivity index (χ3n) is 7.65. The van der Waals surface area contributed by atoms with E-state index in [0.717, 1.165) is 28.7 Å². The monoisotopic (exact) mass is 656 g/mol. The number of nitrogens with two attached hydrogens (primary N) is 1. The van der Waals surface area contributed by atoms with Crippen LogP contribution in [0.5, 0.6) is 0 Å². The molecule has 45 heavy (non-hydrogen) atoms. The van der Waals surface area contributed by atoms with E-state index in [1.807, 2.05) is 30.3 Å². The van der Waals surface area contributed by atoms with E-state index >= 15 is 0 Å². The zero-order chi connectivity index (χ0) is 34.1. The molecule has 2 rings (SSSR count). The van der Waals surface area contributed by atoms with E-state index in [9.17, 15) is 32.3 Å². The van der Waals surface area contributed by atoms with Crippen LogP contribution in [-0.2, 0) is 30.3 Å². The Morgan fingerprint density at radius 2 is 1.69 bits per heavy atom. The van der Waals surface area contributed by atoms with E-state index in [1.54, 1.807) is 20.8 Å². The van der Waals surface area contributed by atoms with Gasteiger partial charge in [-0.15, -0.1) is 11.3 Å². The number of alkyl halides is 3. The summed E-state index contributed by atoms with van der Waals surface area (Å²) in [4.78, 5) is 56.0. The highest BCUT2D eigenvalue weighted by atomic mass is 32.1. The Bertz CT molecular complexity index is 1290. The van der Waals surface area contributed by atoms with Gasteiger partial charge in [-0.25, -0.2) is 4.98 Å². The van der Waals surface area contributed by atoms with E-state index in [-0.39, 0.29) is 23.0 Å². The fourth-order valence-electron chi connectivity index (χ4n) is 4.93. The number of benzene rings is 1. The van der Waals surface area contributed by atoms with Gasteiger partial charge in [-0.05, 0) is 24.3 Å². The summed E-state index contributed by atoms with van der Waals surface area (Å²) in [5.74, 6) is -5.25. The van der Waals surface area contributed by atoms with Gasteiger partial charge in [0.1, 0.15) is 10.7 Å². The van der Waals surface area contributed by atoms with Crippen LogP contribution in [0.1, 0.15) is 74.6 Å². The lowest BCUT2D eigenvalue weighted by molar-refractivity contribution is -0.181. The molecule has 250 valence electrons. The molecule has 0 spiro atoms. The highest BCUT2D eigenvalue weighted by Crippen LogP contribution is 2.32. The summed E-state index contributed by atoms with van der Waals surface area (Å²) in [5, 5.41) is 4.72. The maximum Gasteiger partial charge on any atom is 0.393 e. The van der Waals surface area contributed by atoms with Gasteiger partial charge in [-0.2, -0.15) is 13.2 Å². The molecule has 14 heteroatoms. The van der Waals surface area contributed by atoms with Gasteiger partial charge in [-0.3, -0.25) is 19.2 Å². The second-order valence-electron chi connectivity index (χ2n) is 11.5. The Balaban J connectivity index is 2.29. The van der Waals surface area contributed by atoms with Crippen molar-refractivity contribution >= 4 is 35.1 Å². The minimum absolute atomic E-state index is 0.00839. The average Bonchev–Trinajstić information content (AvgIpc) is 3.47. The van der Waals surface area contributed by atoms with Crippen LogP contribution in [0.15, 0.2) is 35.7 Å². The first kappa shape index (κ1) is 37.7. The third kappa shape index (κ3) is 11.1. The van der Waals surface area contributed by atoms with Crippen molar-refractivity contribution in [3.63, 3.8) is 0 Å². The molecule has 0 aliphatic rings. The molecule has 1 aromatic carbocycles. The minimum atomic E-state index is -4.65. The second-order valence-corrected chi connectivity index (χ2v) is 12.4. The maximum atomic E-state index is 13.3. The highest BCUT2D eigenvalue weighted by molar-refractivity contribution is 7.09. The quantitative estimate of drug-likeness (QED) is 0.263. The van der Waals surface area contributed by atoms with Gasteiger partial charge >= 0.3 is 18.1 Å². The van der Waals surface area contributed by atoms with Gasteiger partial charge in [0.15, 0.2) is 6.10 Å². The van der Waals surface area contributed by atoms with Crippen molar-refractivity contribution < 1.29 is 41.8 Å². The van der Waals surface area contributed by atoms with Crippen LogP contribution in [0, 0.1) is 17.8 Å². The number of likely N-dealkylation sites (N-methyl/N-ethyl adjacent to an activating group) is 1. The highest BCUT2D eigenvalue weighted by Gasteiger charge is 2.44. The SMILES string of the molecule is COC(=O)[C@@H](C)C[C@H](Cc1ccccc1)NC(=O)c1csc([C@@H](C[C@H](C(C)C)N(C)C(=O)[C@@H](N)C(C)C(F)(F)F)OC(C)=O)n1. The van der Waals surface area contributed by atoms with Crippen LogP contribution in [-0.4, -0.2) is 72.1 Å². The fourth-order valence-corrected chi connectivity index (χ4v) is 5.77. The molecular weight excluding hydrogens is 613 g/mol. The van der Waals surface area contributed by atoms with Crippen molar-refractivity contribution in [2.45, 2.75) is 84.3 Å². The molecule has 0 aliphatic carbocycles. The summed E-state index contributed by atoms with van der Waals surface area (Å²) in [5.41, 5.74) is 6.72. The molecular formula is C31H43F3N4O6S. The van der Waals surface area contributed by atoms with Crippen molar-refractivity contribution in [2.24, 2.45) is 23.5 Å². The summed E-state index contributed by atoms with van der Waals surface area (Å²) in [6.07, 6.45) is -4.88. The summed E-state index contributed by atoms with van der Waals surface area (Å²) in [6.45, 7) is 7.32. The molecule has 0 radical (unpaired) electrons.